The number of nitrogens with zero attached hydrogens (tertiary/aromatic N) is 3. The Kier molecular flexibility index (Phi) is 11.6. The molecule has 9 heteroatoms. The minimum absolute atomic E-state index is 0.0970. The number of carbonyl (C=O) groups excluding carboxylic acids is 2. The van der Waals surface area contributed by atoms with E-state index in [1.807, 2.05) is 107 Å². The van der Waals surface area contributed by atoms with Crippen LogP contribution in [0, 0.1) is 0 Å². The molecular formula is C39H44ClN5O3. The maximum atomic E-state index is 13.1. The van der Waals surface area contributed by atoms with Gasteiger partial charge in [-0.1, -0.05) is 73.1 Å². The van der Waals surface area contributed by atoms with Crippen molar-refractivity contribution in [3.63, 3.8) is 0 Å². The largest absolute Gasteiger partial charge is 0.444 e. The van der Waals surface area contributed by atoms with Crippen LogP contribution in [0.25, 0.3) is 32.8 Å². The third-order valence-corrected chi connectivity index (χ3v) is 8.32. The van der Waals surface area contributed by atoms with E-state index in [1.54, 1.807) is 11.1 Å². The number of carbonyl (C=O) groups is 2. The Morgan fingerprint density at radius 2 is 1.71 bits per heavy atom. The number of hydrogen-bond donors (Lipinski definition) is 2. The summed E-state index contributed by atoms with van der Waals surface area (Å²) in [5.41, 5.74) is 3.82. The Hall–Kier alpha value is -4.53. The van der Waals surface area contributed by atoms with Crippen molar-refractivity contribution in [2.24, 2.45) is 0 Å². The van der Waals surface area contributed by atoms with Gasteiger partial charge in [0.2, 0.25) is 0 Å². The first-order valence-corrected chi connectivity index (χ1v) is 17.0. The van der Waals surface area contributed by atoms with Crippen LogP contribution >= 0.6 is 11.6 Å². The molecule has 0 spiro atoms. The summed E-state index contributed by atoms with van der Waals surface area (Å²) in [6.07, 6.45) is 5.44. The Balaban J connectivity index is 1.14. The summed E-state index contributed by atoms with van der Waals surface area (Å²) in [6, 6.07) is 23.6. The highest BCUT2D eigenvalue weighted by Gasteiger charge is 2.22. The zero-order chi connectivity index (χ0) is 34.1. The number of ketones is 1. The number of Topliss-reactive ketones (excluding diaryl/α,β-unsaturated/α-hetero) is 1. The maximum absolute atomic E-state index is 13.1. The van der Waals surface area contributed by atoms with Gasteiger partial charge in [0.1, 0.15) is 11.4 Å². The molecule has 0 aliphatic heterocycles. The van der Waals surface area contributed by atoms with Crippen LogP contribution < -0.4 is 10.6 Å². The van der Waals surface area contributed by atoms with E-state index in [1.165, 1.54) is 0 Å². The number of unbranched alkanes of at least 4 members (excludes halogenated alkanes) is 1. The van der Waals surface area contributed by atoms with Gasteiger partial charge in [0.05, 0.1) is 5.52 Å². The SMILES string of the molecule is CCC(=O)c1ccc2c(c1)nc(NCCNCCCCN(Cc1ccc(-c3ccccc3)c(Cl)c1)C(=O)OC(C)(C)C)c1ccncc12. The highest BCUT2D eigenvalue weighted by molar-refractivity contribution is 6.33. The molecule has 3 aromatic carbocycles. The number of hydrogen-bond acceptors (Lipinski definition) is 7. The lowest BCUT2D eigenvalue weighted by Gasteiger charge is -2.27. The van der Waals surface area contributed by atoms with Gasteiger partial charge in [-0.25, -0.2) is 9.78 Å². The van der Waals surface area contributed by atoms with Crippen LogP contribution in [-0.2, 0) is 11.3 Å². The van der Waals surface area contributed by atoms with Crippen LogP contribution in [0.15, 0.2) is 85.2 Å². The standard InChI is InChI=1S/C39H44ClN5O3/c1-5-36(46)29-14-16-31-33-25-42-19-17-32(33)37(44-35(31)24-29)43-21-20-41-18-9-10-22-45(38(47)48-39(2,3)4)26-27-13-15-30(34(40)23-27)28-11-7-6-8-12-28/h6-8,11-17,19,23-25,41H,5,9-10,18,20-22,26H2,1-4H3,(H,43,44). The quantitative estimate of drug-likeness (QED) is 0.0694. The fraction of sp³-hybridized carbons (Fsp3) is 0.333. The van der Waals surface area contributed by atoms with Gasteiger partial charge in [0.15, 0.2) is 5.78 Å². The highest BCUT2D eigenvalue weighted by atomic mass is 35.5. The molecule has 0 atom stereocenters. The number of amides is 1. The lowest BCUT2D eigenvalue weighted by molar-refractivity contribution is 0.0230. The molecule has 250 valence electrons. The normalized spacial score (nSPS) is 11.5. The van der Waals surface area contributed by atoms with Crippen molar-refractivity contribution in [1.29, 1.82) is 0 Å². The van der Waals surface area contributed by atoms with E-state index < -0.39 is 5.60 Å². The summed E-state index contributed by atoms with van der Waals surface area (Å²) in [5, 5.41) is 10.6. The topological polar surface area (TPSA) is 96.5 Å². The molecule has 0 fully saturated rings. The monoisotopic (exact) mass is 665 g/mol. The fourth-order valence-electron chi connectivity index (χ4n) is 5.60. The average molecular weight is 666 g/mol. The lowest BCUT2D eigenvalue weighted by Crippen LogP contribution is -2.37. The molecule has 0 bridgehead atoms. The molecule has 8 nitrogen and oxygen atoms in total. The molecule has 5 rings (SSSR count). The van der Waals surface area contributed by atoms with Gasteiger partial charge in [-0.05, 0) is 69.5 Å². The number of nitrogens with one attached hydrogen (secondary N) is 2. The van der Waals surface area contributed by atoms with Crippen LogP contribution in [0.5, 0.6) is 0 Å². The summed E-state index contributed by atoms with van der Waals surface area (Å²) >= 11 is 6.67. The van der Waals surface area contributed by atoms with Crippen molar-refractivity contribution in [1.82, 2.24) is 20.2 Å². The van der Waals surface area contributed by atoms with Gasteiger partial charge >= 0.3 is 6.09 Å². The summed E-state index contributed by atoms with van der Waals surface area (Å²) in [4.78, 5) is 36.4. The molecule has 0 saturated carbocycles. The highest BCUT2D eigenvalue weighted by Crippen LogP contribution is 2.30. The van der Waals surface area contributed by atoms with Crippen LogP contribution in [0.4, 0.5) is 10.6 Å². The second-order valence-corrected chi connectivity index (χ2v) is 13.3. The van der Waals surface area contributed by atoms with Crippen LogP contribution in [0.3, 0.4) is 0 Å². The van der Waals surface area contributed by atoms with Crippen LogP contribution in [-0.4, -0.2) is 58.5 Å². The summed E-state index contributed by atoms with van der Waals surface area (Å²) in [6.45, 7) is 10.7. The first kappa shape index (κ1) is 34.8. The fourth-order valence-corrected chi connectivity index (χ4v) is 5.91. The van der Waals surface area contributed by atoms with E-state index in [0.717, 1.165) is 70.1 Å². The van der Waals surface area contributed by atoms with E-state index in [4.69, 9.17) is 21.3 Å². The van der Waals surface area contributed by atoms with Crippen molar-refractivity contribution in [2.45, 2.75) is 59.1 Å². The summed E-state index contributed by atoms with van der Waals surface area (Å²) in [7, 11) is 0. The number of rotatable bonds is 14. The zero-order valence-corrected chi connectivity index (χ0v) is 28.9. The lowest BCUT2D eigenvalue weighted by atomic mass is 10.0. The number of ether oxygens (including phenoxy) is 1. The van der Waals surface area contributed by atoms with E-state index >= 15 is 0 Å². The van der Waals surface area contributed by atoms with Crippen molar-refractivity contribution in [2.75, 3.05) is 31.5 Å². The van der Waals surface area contributed by atoms with E-state index in [-0.39, 0.29) is 11.9 Å². The first-order chi connectivity index (χ1) is 23.1. The van der Waals surface area contributed by atoms with Crippen LogP contribution in [0.1, 0.15) is 62.9 Å². The second kappa shape index (κ2) is 16.0. The molecule has 0 unspecified atom stereocenters. The van der Waals surface area contributed by atoms with Crippen molar-refractivity contribution < 1.29 is 14.3 Å². The van der Waals surface area contributed by atoms with Gasteiger partial charge in [-0.15, -0.1) is 0 Å². The van der Waals surface area contributed by atoms with Gasteiger partial charge in [0.25, 0.3) is 0 Å². The smallest absolute Gasteiger partial charge is 0.410 e. The first-order valence-electron chi connectivity index (χ1n) is 16.6. The average Bonchev–Trinajstić information content (AvgIpc) is 3.07. The van der Waals surface area contributed by atoms with Crippen molar-refractivity contribution in [3.8, 4) is 11.1 Å². The molecule has 1 amide bonds. The Bertz CT molecular complexity index is 1870. The van der Waals surface area contributed by atoms with Crippen LogP contribution in [0.2, 0.25) is 5.02 Å². The number of aromatic nitrogens is 2. The Morgan fingerprint density at radius 1 is 0.896 bits per heavy atom. The van der Waals surface area contributed by atoms with Crippen molar-refractivity contribution in [3.05, 3.63) is 101 Å². The molecule has 0 aliphatic carbocycles. The summed E-state index contributed by atoms with van der Waals surface area (Å²) < 4.78 is 5.73. The van der Waals surface area contributed by atoms with Crippen molar-refractivity contribution >= 4 is 51.0 Å². The van der Waals surface area contributed by atoms with Gasteiger partial charge < -0.3 is 20.3 Å². The molecular weight excluding hydrogens is 622 g/mol. The summed E-state index contributed by atoms with van der Waals surface area (Å²) in [5.74, 6) is 0.868. The third-order valence-electron chi connectivity index (χ3n) is 8.01. The molecule has 2 aromatic heterocycles. The number of anilines is 1. The van der Waals surface area contributed by atoms with Gasteiger partial charge in [-0.2, -0.15) is 0 Å². The number of halogens is 1. The molecule has 0 radical (unpaired) electrons. The number of fused-ring (bicyclic) bond motifs is 3. The zero-order valence-electron chi connectivity index (χ0n) is 28.2. The molecule has 0 aliphatic rings. The Labute approximate surface area is 287 Å². The predicted molar refractivity (Wildman–Crippen MR) is 196 cm³/mol. The predicted octanol–water partition coefficient (Wildman–Crippen LogP) is 8.92. The molecule has 0 saturated heterocycles. The molecule has 2 heterocycles. The van der Waals surface area contributed by atoms with Gasteiger partial charge in [0, 0.05) is 77.3 Å². The minimum atomic E-state index is -0.588. The van der Waals surface area contributed by atoms with E-state index in [2.05, 4.69) is 15.6 Å². The molecule has 5 aromatic rings. The molecule has 48 heavy (non-hydrogen) atoms. The molecule has 2 N–H and O–H groups in total. The minimum Gasteiger partial charge on any atom is -0.444 e. The van der Waals surface area contributed by atoms with Gasteiger partial charge in [-0.3, -0.25) is 9.78 Å². The third kappa shape index (κ3) is 9.08. The Morgan fingerprint density at radius 3 is 2.46 bits per heavy atom. The number of pyridine rings is 2. The second-order valence-electron chi connectivity index (χ2n) is 12.9. The van der Waals surface area contributed by atoms with E-state index in [0.29, 0.717) is 36.6 Å². The maximum Gasteiger partial charge on any atom is 0.410 e. The van der Waals surface area contributed by atoms with E-state index in [9.17, 15) is 9.59 Å². The number of benzene rings is 3.